The zero-order valence-corrected chi connectivity index (χ0v) is 18.5. The lowest BCUT2D eigenvalue weighted by molar-refractivity contribution is -0.141. The first-order chi connectivity index (χ1) is 14.1. The molecule has 30 heavy (non-hydrogen) atoms. The smallest absolute Gasteiger partial charge is 0.339 e. The molecule has 1 atom stereocenters. The highest BCUT2D eigenvalue weighted by atomic mass is 32.2. The van der Waals surface area contributed by atoms with E-state index < -0.39 is 23.5 Å². The summed E-state index contributed by atoms with van der Waals surface area (Å²) in [5.74, 6) is -0.400. The molecular formula is C22H25NO6S. The Morgan fingerprint density at radius 3 is 2.33 bits per heavy atom. The van der Waals surface area contributed by atoms with Crippen molar-refractivity contribution in [2.24, 2.45) is 0 Å². The number of aliphatic carboxylic acids is 1. The Bertz CT molecular complexity index is 1210. The molecular weight excluding hydrogens is 406 g/mol. The number of nitrogens with one attached hydrogen (secondary N) is 1. The van der Waals surface area contributed by atoms with Gasteiger partial charge in [-0.3, -0.25) is 4.79 Å². The van der Waals surface area contributed by atoms with Crippen molar-refractivity contribution < 1.29 is 23.5 Å². The summed E-state index contributed by atoms with van der Waals surface area (Å²) in [4.78, 5) is 36.1. The summed E-state index contributed by atoms with van der Waals surface area (Å²) < 4.78 is 11.4. The first-order valence-corrected chi connectivity index (χ1v) is 11.0. The third-order valence-corrected chi connectivity index (χ3v) is 6.18. The summed E-state index contributed by atoms with van der Waals surface area (Å²) in [5, 5.41) is 13.5. The van der Waals surface area contributed by atoms with Crippen LogP contribution in [0.4, 0.5) is 0 Å². The van der Waals surface area contributed by atoms with E-state index in [1.165, 1.54) is 11.8 Å². The predicted octanol–water partition coefficient (Wildman–Crippen LogP) is 3.64. The number of carboxylic acid groups (broad SMARTS) is 1. The Labute approximate surface area is 177 Å². The average Bonchev–Trinajstić information content (AvgIpc) is 2.97. The molecule has 1 amide bonds. The summed E-state index contributed by atoms with van der Waals surface area (Å²) in [6, 6.07) is 1.01. The zero-order valence-electron chi connectivity index (χ0n) is 17.7. The summed E-state index contributed by atoms with van der Waals surface area (Å²) in [7, 11) is 0. The molecule has 1 unspecified atom stereocenters. The fraction of sp³-hybridized carbons (Fsp3) is 0.409. The van der Waals surface area contributed by atoms with Crippen LogP contribution in [0.2, 0.25) is 0 Å². The van der Waals surface area contributed by atoms with Gasteiger partial charge in [-0.05, 0) is 57.6 Å². The maximum absolute atomic E-state index is 12.6. The molecule has 160 valence electrons. The highest BCUT2D eigenvalue weighted by molar-refractivity contribution is 7.98. The highest BCUT2D eigenvalue weighted by Crippen LogP contribution is 2.34. The maximum Gasteiger partial charge on any atom is 0.339 e. The van der Waals surface area contributed by atoms with Crippen LogP contribution in [0.1, 0.15) is 34.4 Å². The van der Waals surface area contributed by atoms with Crippen LogP contribution in [-0.4, -0.2) is 35.0 Å². The van der Waals surface area contributed by atoms with E-state index in [4.69, 9.17) is 8.83 Å². The van der Waals surface area contributed by atoms with Crippen molar-refractivity contribution in [1.29, 1.82) is 0 Å². The third-order valence-electron chi connectivity index (χ3n) is 5.51. The second-order valence-electron chi connectivity index (χ2n) is 7.44. The van der Waals surface area contributed by atoms with Crippen LogP contribution in [0.25, 0.3) is 21.9 Å². The van der Waals surface area contributed by atoms with Gasteiger partial charge in [-0.25, -0.2) is 9.59 Å². The number of carbonyl (C=O) groups is 2. The molecule has 7 nitrogen and oxygen atoms in total. The minimum absolute atomic E-state index is 0.000338. The lowest BCUT2D eigenvalue weighted by Gasteiger charge is -2.14. The van der Waals surface area contributed by atoms with Crippen molar-refractivity contribution in [3.8, 4) is 0 Å². The first-order valence-electron chi connectivity index (χ1n) is 9.62. The molecule has 2 aromatic heterocycles. The fourth-order valence-electron chi connectivity index (χ4n) is 3.63. The van der Waals surface area contributed by atoms with Gasteiger partial charge in [0, 0.05) is 34.1 Å². The van der Waals surface area contributed by atoms with E-state index in [0.29, 0.717) is 16.7 Å². The second kappa shape index (κ2) is 8.55. The fourth-order valence-corrected chi connectivity index (χ4v) is 4.19. The zero-order chi connectivity index (χ0) is 22.2. The minimum atomic E-state index is -1.08. The molecule has 0 spiro atoms. The second-order valence-corrected chi connectivity index (χ2v) is 8.36. The Kier molecular flexibility index (Phi) is 6.26. The van der Waals surface area contributed by atoms with Gasteiger partial charge in [0.05, 0.1) is 0 Å². The van der Waals surface area contributed by atoms with Crippen LogP contribution >= 0.6 is 11.8 Å². The van der Waals surface area contributed by atoms with Crippen LogP contribution in [-0.2, 0) is 16.0 Å². The van der Waals surface area contributed by atoms with Gasteiger partial charge < -0.3 is 19.3 Å². The molecule has 2 N–H and O–H groups in total. The standard InChI is InChI=1S/C22H25NO6S/c1-10-13(4)28-19-12(3)20-16(8-15(10)19)11(2)14(22(27)29-20)6-7-18(24)23-17(9-30-5)21(25)26/h8,17H,6-7,9H2,1-5H3,(H,23,24)(H,25,26). The minimum Gasteiger partial charge on any atom is -0.480 e. The van der Waals surface area contributed by atoms with E-state index in [0.717, 1.165) is 33.2 Å². The topological polar surface area (TPSA) is 110 Å². The number of rotatable bonds is 7. The number of benzene rings is 1. The quantitative estimate of drug-likeness (QED) is 0.550. The lowest BCUT2D eigenvalue weighted by Crippen LogP contribution is -2.42. The number of thioether (sulfide) groups is 1. The molecule has 0 bridgehead atoms. The van der Waals surface area contributed by atoms with Crippen molar-refractivity contribution in [2.75, 3.05) is 12.0 Å². The van der Waals surface area contributed by atoms with Crippen molar-refractivity contribution in [3.63, 3.8) is 0 Å². The van der Waals surface area contributed by atoms with Crippen molar-refractivity contribution in [3.05, 3.63) is 44.5 Å². The van der Waals surface area contributed by atoms with E-state index >= 15 is 0 Å². The number of hydrogen-bond donors (Lipinski definition) is 2. The maximum atomic E-state index is 12.6. The average molecular weight is 432 g/mol. The monoisotopic (exact) mass is 431 g/mol. The van der Waals surface area contributed by atoms with E-state index in [1.54, 1.807) is 6.26 Å². The van der Waals surface area contributed by atoms with Gasteiger partial charge in [-0.2, -0.15) is 11.8 Å². The highest BCUT2D eigenvalue weighted by Gasteiger charge is 2.21. The van der Waals surface area contributed by atoms with Crippen molar-refractivity contribution in [2.45, 2.75) is 46.6 Å². The Hall–Kier alpha value is -2.74. The van der Waals surface area contributed by atoms with Gasteiger partial charge in [0.15, 0.2) is 0 Å². The molecule has 0 radical (unpaired) electrons. The van der Waals surface area contributed by atoms with E-state index in [2.05, 4.69) is 5.32 Å². The molecule has 2 heterocycles. The van der Waals surface area contributed by atoms with Gasteiger partial charge in [0.25, 0.3) is 0 Å². The van der Waals surface area contributed by atoms with Crippen LogP contribution in [0.3, 0.4) is 0 Å². The van der Waals surface area contributed by atoms with Crippen LogP contribution in [0, 0.1) is 27.7 Å². The number of carbonyl (C=O) groups excluding carboxylic acids is 1. The van der Waals surface area contributed by atoms with Gasteiger partial charge >= 0.3 is 11.6 Å². The summed E-state index contributed by atoms with van der Waals surface area (Å²) in [6.07, 6.45) is 1.94. The molecule has 8 heteroatoms. The van der Waals surface area contributed by atoms with E-state index in [9.17, 15) is 19.5 Å². The van der Waals surface area contributed by atoms with E-state index in [1.807, 2.05) is 33.8 Å². The third kappa shape index (κ3) is 3.96. The summed E-state index contributed by atoms with van der Waals surface area (Å²) in [5.41, 5.74) is 3.69. The molecule has 0 aliphatic carbocycles. The summed E-state index contributed by atoms with van der Waals surface area (Å²) >= 11 is 1.34. The van der Waals surface area contributed by atoms with Gasteiger partial charge in [-0.1, -0.05) is 0 Å². The van der Waals surface area contributed by atoms with Crippen molar-refractivity contribution >= 4 is 45.6 Å². The number of carboxylic acids is 1. The number of amides is 1. The van der Waals surface area contributed by atoms with Crippen molar-refractivity contribution in [1.82, 2.24) is 5.32 Å². The van der Waals surface area contributed by atoms with Gasteiger partial charge in [-0.15, -0.1) is 0 Å². The van der Waals surface area contributed by atoms with Crippen LogP contribution in [0.15, 0.2) is 19.7 Å². The molecule has 0 aliphatic rings. The Morgan fingerprint density at radius 1 is 1.07 bits per heavy atom. The normalized spacial score (nSPS) is 12.4. The molecule has 1 aromatic carbocycles. The molecule has 3 rings (SSSR count). The van der Waals surface area contributed by atoms with Gasteiger partial charge in [0.2, 0.25) is 5.91 Å². The number of hydrogen-bond acceptors (Lipinski definition) is 6. The molecule has 0 saturated carbocycles. The first kappa shape index (κ1) is 22.0. The Morgan fingerprint density at radius 2 is 1.70 bits per heavy atom. The SMILES string of the molecule is CSCC(NC(=O)CCc1c(C)c2cc3c(C)c(C)oc3c(C)c2oc1=O)C(=O)O. The molecule has 3 aromatic rings. The summed E-state index contributed by atoms with van der Waals surface area (Å²) in [6.45, 7) is 7.58. The number of furan rings is 1. The molecule has 0 fully saturated rings. The molecule has 0 aliphatic heterocycles. The van der Waals surface area contributed by atoms with Crippen LogP contribution < -0.4 is 10.9 Å². The van der Waals surface area contributed by atoms with E-state index in [-0.39, 0.29) is 18.6 Å². The Balaban J connectivity index is 1.94. The van der Waals surface area contributed by atoms with Crippen LogP contribution in [0.5, 0.6) is 0 Å². The lowest BCUT2D eigenvalue weighted by atomic mass is 9.98. The number of fused-ring (bicyclic) bond motifs is 2. The largest absolute Gasteiger partial charge is 0.480 e. The number of aryl methyl sites for hydroxylation is 4. The molecule has 0 saturated heterocycles. The predicted molar refractivity (Wildman–Crippen MR) is 117 cm³/mol. The van der Waals surface area contributed by atoms with Gasteiger partial charge in [0.1, 0.15) is 23.0 Å².